The number of anilines is 1. The molecule has 2 aromatic heterocycles. The van der Waals surface area contributed by atoms with Gasteiger partial charge in [0.25, 0.3) is 0 Å². The Morgan fingerprint density at radius 1 is 1.22 bits per heavy atom. The summed E-state index contributed by atoms with van der Waals surface area (Å²) >= 11 is 0. The summed E-state index contributed by atoms with van der Waals surface area (Å²) in [6, 6.07) is 12.1. The first-order valence-corrected chi connectivity index (χ1v) is 9.07. The lowest BCUT2D eigenvalue weighted by Gasteiger charge is -2.56. The summed E-state index contributed by atoms with van der Waals surface area (Å²) < 4.78 is 6.93. The van der Waals surface area contributed by atoms with E-state index in [9.17, 15) is 4.79 Å². The number of ether oxygens (including phenoxy) is 1. The van der Waals surface area contributed by atoms with Crippen molar-refractivity contribution in [2.45, 2.75) is 24.9 Å². The van der Waals surface area contributed by atoms with Crippen molar-refractivity contribution < 1.29 is 9.53 Å². The average molecular weight is 364 g/mol. The van der Waals surface area contributed by atoms with Crippen LogP contribution in [0.3, 0.4) is 0 Å². The van der Waals surface area contributed by atoms with Gasteiger partial charge < -0.3 is 14.5 Å². The van der Waals surface area contributed by atoms with Crippen LogP contribution in [0.5, 0.6) is 5.75 Å². The number of methoxy groups -OCH3 is 1. The topological polar surface area (TPSA) is 75.9 Å². The molecule has 138 valence electrons. The highest BCUT2D eigenvalue weighted by molar-refractivity contribution is 5.81. The summed E-state index contributed by atoms with van der Waals surface area (Å²) in [4.78, 5) is 17.1. The van der Waals surface area contributed by atoms with Crippen molar-refractivity contribution in [2.75, 3.05) is 25.1 Å². The molecule has 3 saturated heterocycles. The lowest BCUT2D eigenvalue weighted by atomic mass is 9.86. The van der Waals surface area contributed by atoms with Crippen molar-refractivity contribution in [1.82, 2.24) is 24.7 Å². The van der Waals surface area contributed by atoms with E-state index in [-0.39, 0.29) is 18.0 Å². The van der Waals surface area contributed by atoms with Gasteiger partial charge in [0, 0.05) is 13.1 Å². The van der Waals surface area contributed by atoms with Crippen molar-refractivity contribution in [3.8, 4) is 5.75 Å². The maximum absolute atomic E-state index is 12.8. The van der Waals surface area contributed by atoms with E-state index in [1.54, 1.807) is 18.0 Å². The van der Waals surface area contributed by atoms with Crippen molar-refractivity contribution in [2.24, 2.45) is 0 Å². The molecule has 0 saturated carbocycles. The third-order valence-electron chi connectivity index (χ3n) is 5.44. The molecule has 3 aromatic rings. The summed E-state index contributed by atoms with van der Waals surface area (Å²) in [5.74, 6) is 1.87. The third kappa shape index (κ3) is 2.77. The first-order valence-electron chi connectivity index (χ1n) is 9.07. The monoisotopic (exact) mass is 364 g/mol. The largest absolute Gasteiger partial charge is 0.497 e. The molecule has 2 unspecified atom stereocenters. The molecular weight excluding hydrogens is 344 g/mol. The number of nitrogens with zero attached hydrogens (tertiary/aromatic N) is 6. The fraction of sp³-hybridized carbons (Fsp3) is 0.368. The Balaban J connectivity index is 1.27. The fourth-order valence-corrected chi connectivity index (χ4v) is 4.14. The van der Waals surface area contributed by atoms with Gasteiger partial charge >= 0.3 is 0 Å². The van der Waals surface area contributed by atoms with Crippen molar-refractivity contribution in [1.29, 1.82) is 0 Å². The van der Waals surface area contributed by atoms with Crippen LogP contribution >= 0.6 is 0 Å². The van der Waals surface area contributed by atoms with Gasteiger partial charge in [-0.15, -0.1) is 15.3 Å². The predicted octanol–water partition coefficient (Wildman–Crippen LogP) is 1.17. The van der Waals surface area contributed by atoms with E-state index in [1.165, 1.54) is 0 Å². The van der Waals surface area contributed by atoms with Gasteiger partial charge in [-0.3, -0.25) is 4.79 Å². The van der Waals surface area contributed by atoms with E-state index in [0.717, 1.165) is 42.3 Å². The zero-order valence-corrected chi connectivity index (χ0v) is 15.0. The smallest absolute Gasteiger partial charge is 0.227 e. The maximum Gasteiger partial charge on any atom is 0.227 e. The van der Waals surface area contributed by atoms with Crippen molar-refractivity contribution >= 4 is 17.4 Å². The van der Waals surface area contributed by atoms with Gasteiger partial charge in [0.15, 0.2) is 5.65 Å². The van der Waals surface area contributed by atoms with Crippen LogP contribution in [0.25, 0.3) is 5.65 Å². The molecule has 1 amide bonds. The zero-order valence-electron chi connectivity index (χ0n) is 15.0. The summed E-state index contributed by atoms with van der Waals surface area (Å²) in [6.45, 7) is 1.61. The number of fused-ring (bicyclic) bond motifs is 3. The minimum Gasteiger partial charge on any atom is -0.497 e. The molecule has 2 bridgehead atoms. The van der Waals surface area contributed by atoms with Crippen LogP contribution in [0.2, 0.25) is 0 Å². The number of aromatic nitrogens is 4. The number of carbonyl (C=O) groups excluding carboxylic acids is 1. The maximum atomic E-state index is 12.8. The molecule has 0 N–H and O–H groups in total. The first kappa shape index (κ1) is 16.0. The van der Waals surface area contributed by atoms with E-state index >= 15 is 0 Å². The summed E-state index contributed by atoms with van der Waals surface area (Å²) in [5.41, 5.74) is 1.72. The average Bonchev–Trinajstić information content (AvgIpc) is 3.16. The molecule has 0 aliphatic carbocycles. The quantitative estimate of drug-likeness (QED) is 0.692. The molecular formula is C19H20N6O2. The SMILES string of the molecule is COc1cccc(CC(=O)N2C3CC2CN(c2ccc4nncn4n2)C3)c1. The van der Waals surface area contributed by atoms with Gasteiger partial charge in [0.1, 0.15) is 17.9 Å². The number of hydrogen-bond acceptors (Lipinski definition) is 6. The van der Waals surface area contributed by atoms with Crippen LogP contribution in [0.1, 0.15) is 12.0 Å². The Morgan fingerprint density at radius 2 is 2.07 bits per heavy atom. The first-order chi connectivity index (χ1) is 13.2. The number of hydrogen-bond donors (Lipinski definition) is 0. The molecule has 8 nitrogen and oxygen atoms in total. The number of rotatable bonds is 4. The van der Waals surface area contributed by atoms with Crippen LogP contribution < -0.4 is 9.64 Å². The van der Waals surface area contributed by atoms with Gasteiger partial charge in [-0.1, -0.05) is 12.1 Å². The van der Waals surface area contributed by atoms with Crippen LogP contribution in [-0.4, -0.2) is 62.9 Å². The molecule has 27 heavy (non-hydrogen) atoms. The molecule has 0 spiro atoms. The molecule has 5 heterocycles. The third-order valence-corrected chi connectivity index (χ3v) is 5.44. The van der Waals surface area contributed by atoms with Crippen molar-refractivity contribution in [3.05, 3.63) is 48.3 Å². The lowest BCUT2D eigenvalue weighted by Crippen LogP contribution is -2.70. The molecule has 3 aliphatic heterocycles. The number of piperazine rings is 1. The Bertz CT molecular complexity index is 991. The van der Waals surface area contributed by atoms with Crippen LogP contribution in [0.4, 0.5) is 5.82 Å². The number of piperidine rings is 1. The van der Waals surface area contributed by atoms with Crippen LogP contribution in [-0.2, 0) is 11.2 Å². The Morgan fingerprint density at radius 3 is 2.89 bits per heavy atom. The van der Waals surface area contributed by atoms with Gasteiger partial charge in [-0.25, -0.2) is 0 Å². The molecule has 2 atom stereocenters. The second kappa shape index (κ2) is 6.22. The second-order valence-electron chi connectivity index (χ2n) is 7.10. The molecule has 8 heteroatoms. The normalized spacial score (nSPS) is 21.2. The summed E-state index contributed by atoms with van der Waals surface area (Å²) in [5, 5.41) is 12.4. The predicted molar refractivity (Wildman–Crippen MR) is 98.7 cm³/mol. The van der Waals surface area contributed by atoms with Gasteiger partial charge in [0.05, 0.1) is 25.6 Å². The highest BCUT2D eigenvalue weighted by Gasteiger charge is 2.47. The molecule has 0 radical (unpaired) electrons. The highest BCUT2D eigenvalue weighted by Crippen LogP contribution is 2.34. The van der Waals surface area contributed by atoms with Crippen LogP contribution in [0, 0.1) is 0 Å². The standard InChI is InChI=1S/C19H20N6O2/c1-27-16-4-2-3-13(7-16)8-19(26)25-14-9-15(25)11-23(10-14)18-6-5-17-21-20-12-24(17)22-18/h2-7,12,14-15H,8-11H2,1H3. The van der Waals surface area contributed by atoms with Gasteiger partial charge in [-0.05, 0) is 36.2 Å². The zero-order chi connectivity index (χ0) is 18.4. The lowest BCUT2D eigenvalue weighted by molar-refractivity contribution is -0.145. The van der Waals surface area contributed by atoms with E-state index in [4.69, 9.17) is 4.74 Å². The molecule has 3 fully saturated rings. The summed E-state index contributed by atoms with van der Waals surface area (Å²) in [6.07, 6.45) is 3.08. The minimum atomic E-state index is 0.186. The highest BCUT2D eigenvalue weighted by atomic mass is 16.5. The van der Waals surface area contributed by atoms with E-state index in [1.807, 2.05) is 41.3 Å². The molecule has 6 rings (SSSR count). The number of benzene rings is 1. The van der Waals surface area contributed by atoms with E-state index in [2.05, 4.69) is 20.2 Å². The van der Waals surface area contributed by atoms with Gasteiger partial charge in [-0.2, -0.15) is 4.52 Å². The van der Waals surface area contributed by atoms with Crippen molar-refractivity contribution in [3.63, 3.8) is 0 Å². The Hall–Kier alpha value is -3.16. The van der Waals surface area contributed by atoms with Gasteiger partial charge in [0.2, 0.25) is 5.91 Å². The fourth-order valence-electron chi connectivity index (χ4n) is 4.14. The number of carbonyl (C=O) groups is 1. The Kier molecular flexibility index (Phi) is 3.70. The Labute approximate surface area is 156 Å². The molecule has 1 aromatic carbocycles. The molecule has 3 aliphatic rings. The second-order valence-corrected chi connectivity index (χ2v) is 7.10. The number of amides is 1. The van der Waals surface area contributed by atoms with E-state index in [0.29, 0.717) is 6.42 Å². The van der Waals surface area contributed by atoms with Crippen LogP contribution in [0.15, 0.2) is 42.7 Å². The van der Waals surface area contributed by atoms with E-state index < -0.39 is 0 Å². The summed E-state index contributed by atoms with van der Waals surface area (Å²) in [7, 11) is 1.64. The minimum absolute atomic E-state index is 0.186.